The average molecular weight is 484 g/mol. The Morgan fingerprint density at radius 1 is 0.735 bits per heavy atom. The molecule has 0 spiro atoms. The van der Waals surface area contributed by atoms with Gasteiger partial charge in [0.05, 0.1) is 11.1 Å². The van der Waals surface area contributed by atoms with Crippen LogP contribution in [-0.2, 0) is 14.3 Å². The van der Waals surface area contributed by atoms with Gasteiger partial charge in [0.15, 0.2) is 46.9 Å². The van der Waals surface area contributed by atoms with E-state index in [1.54, 1.807) is 0 Å². The van der Waals surface area contributed by atoms with Crippen LogP contribution in [0.2, 0.25) is 0 Å². The number of phenols is 6. The van der Waals surface area contributed by atoms with Gasteiger partial charge in [-0.25, -0.2) is 9.59 Å². The maximum Gasteiger partial charge on any atom is 0.339 e. The van der Waals surface area contributed by atoms with Crippen molar-refractivity contribution in [3.8, 4) is 34.5 Å². The highest BCUT2D eigenvalue weighted by Crippen LogP contribution is 2.36. The molecule has 0 aliphatic rings. The highest BCUT2D eigenvalue weighted by Gasteiger charge is 2.35. The first-order chi connectivity index (χ1) is 15.9. The minimum Gasteiger partial charge on any atom is -0.504 e. The molecule has 0 saturated carbocycles. The number of carbonyl (C=O) groups excluding carboxylic acids is 3. The minimum absolute atomic E-state index is 0.0906. The summed E-state index contributed by atoms with van der Waals surface area (Å²) in [4.78, 5) is 35.3. The molecule has 0 heterocycles. The molecule has 0 radical (unpaired) electrons. The van der Waals surface area contributed by atoms with Crippen molar-refractivity contribution in [2.24, 2.45) is 0 Å². The van der Waals surface area contributed by atoms with Crippen LogP contribution in [0.1, 0.15) is 20.7 Å². The van der Waals surface area contributed by atoms with Gasteiger partial charge in [-0.15, -0.1) is 0 Å². The van der Waals surface area contributed by atoms with E-state index in [2.05, 4.69) is 9.47 Å². The third-order valence-electron chi connectivity index (χ3n) is 4.45. The second-order valence-corrected chi connectivity index (χ2v) is 6.88. The Hall–Kier alpha value is -4.27. The van der Waals surface area contributed by atoms with E-state index in [0.29, 0.717) is 12.1 Å². The lowest BCUT2D eigenvalue weighted by atomic mass is 10.0. The number of benzene rings is 2. The van der Waals surface area contributed by atoms with Crippen molar-refractivity contribution in [1.82, 2.24) is 0 Å². The number of esters is 2. The van der Waals surface area contributed by atoms with Gasteiger partial charge in [0.2, 0.25) is 0 Å². The fourth-order valence-electron chi connectivity index (χ4n) is 2.58. The molecule has 4 atom stereocenters. The summed E-state index contributed by atoms with van der Waals surface area (Å²) in [7, 11) is 0. The summed E-state index contributed by atoms with van der Waals surface area (Å²) in [5, 5.41) is 86.3. The van der Waals surface area contributed by atoms with E-state index < -0.39 is 88.6 Å². The standard InChI is InChI=1S/C20H20O14/c21-5-14(34-20(32)8-3-11(24)16(28)12(25)4-8)18(30)17(29)13(26)6-33-19(31)7-1-9(22)15(27)10(23)2-7/h1-5,13-14,17-18,22-30H,6H2/t13-,14+,17-,18-/m1/s1. The maximum absolute atomic E-state index is 12.1. The number of ether oxygens (including phenoxy) is 2. The van der Waals surface area contributed by atoms with Crippen molar-refractivity contribution in [3.63, 3.8) is 0 Å². The number of aromatic hydroxyl groups is 6. The number of rotatable bonds is 9. The first-order valence-corrected chi connectivity index (χ1v) is 9.24. The zero-order chi connectivity index (χ0) is 25.7. The van der Waals surface area contributed by atoms with Crippen LogP contribution in [0.3, 0.4) is 0 Å². The zero-order valence-electron chi connectivity index (χ0n) is 17.0. The summed E-state index contributed by atoms with van der Waals surface area (Å²) in [5.74, 6) is -7.83. The quantitative estimate of drug-likeness (QED) is 0.113. The molecule has 9 N–H and O–H groups in total. The van der Waals surface area contributed by atoms with Crippen LogP contribution in [0.4, 0.5) is 0 Å². The lowest BCUT2D eigenvalue weighted by molar-refractivity contribution is -0.138. The highest BCUT2D eigenvalue weighted by molar-refractivity contribution is 5.92. The van der Waals surface area contributed by atoms with E-state index in [1.165, 1.54) is 0 Å². The molecule has 0 aliphatic carbocycles. The molecule has 184 valence electrons. The Balaban J connectivity index is 2.01. The predicted molar refractivity (Wildman–Crippen MR) is 106 cm³/mol. The highest BCUT2D eigenvalue weighted by atomic mass is 16.6. The second kappa shape index (κ2) is 10.6. The summed E-state index contributed by atoms with van der Waals surface area (Å²) >= 11 is 0. The molecular weight excluding hydrogens is 464 g/mol. The Morgan fingerprint density at radius 2 is 1.15 bits per heavy atom. The number of aldehydes is 1. The van der Waals surface area contributed by atoms with Crippen molar-refractivity contribution >= 4 is 18.2 Å². The summed E-state index contributed by atoms with van der Waals surface area (Å²) in [6.07, 6.45) is -8.58. The molecule has 0 saturated heterocycles. The Bertz CT molecular complexity index is 1030. The van der Waals surface area contributed by atoms with Crippen LogP contribution in [-0.4, -0.2) is 95.2 Å². The Kier molecular flexibility index (Phi) is 8.07. The lowest BCUT2D eigenvalue weighted by Gasteiger charge is -2.26. The van der Waals surface area contributed by atoms with Crippen LogP contribution in [0.25, 0.3) is 0 Å². The van der Waals surface area contributed by atoms with Gasteiger partial charge in [0.25, 0.3) is 0 Å². The molecule has 2 aromatic carbocycles. The molecule has 14 heteroatoms. The third-order valence-corrected chi connectivity index (χ3v) is 4.45. The topological polar surface area (TPSA) is 252 Å². The van der Waals surface area contributed by atoms with Crippen molar-refractivity contribution in [1.29, 1.82) is 0 Å². The fraction of sp³-hybridized carbons (Fsp3) is 0.250. The monoisotopic (exact) mass is 484 g/mol. The normalized spacial score (nSPS) is 14.4. The van der Waals surface area contributed by atoms with Gasteiger partial charge in [-0.05, 0) is 24.3 Å². The molecule has 0 aliphatic heterocycles. The van der Waals surface area contributed by atoms with Gasteiger partial charge >= 0.3 is 11.9 Å². The lowest BCUT2D eigenvalue weighted by Crippen LogP contribution is -2.48. The SMILES string of the molecule is O=C[C@H](OC(=O)c1cc(O)c(O)c(O)c1)[C@@H](O)[C@H](O)[C@H](O)COC(=O)c1cc(O)c(O)c(O)c1. The number of phenolic OH excluding ortho intramolecular Hbond substituents is 6. The van der Waals surface area contributed by atoms with Crippen LogP contribution in [0.15, 0.2) is 24.3 Å². The van der Waals surface area contributed by atoms with Gasteiger partial charge in [-0.2, -0.15) is 0 Å². The van der Waals surface area contributed by atoms with Crippen LogP contribution >= 0.6 is 0 Å². The number of hydrogen-bond acceptors (Lipinski definition) is 14. The Labute approximate surface area is 189 Å². The van der Waals surface area contributed by atoms with Gasteiger partial charge in [-0.3, -0.25) is 4.79 Å². The molecule has 0 bridgehead atoms. The first kappa shape index (κ1) is 26.0. The van der Waals surface area contributed by atoms with E-state index in [9.17, 15) is 60.3 Å². The molecule has 2 rings (SSSR count). The molecule has 2 aromatic rings. The summed E-state index contributed by atoms with van der Waals surface area (Å²) in [5.41, 5.74) is -0.966. The summed E-state index contributed by atoms with van der Waals surface area (Å²) < 4.78 is 9.36. The third kappa shape index (κ3) is 5.74. The van der Waals surface area contributed by atoms with E-state index in [4.69, 9.17) is 0 Å². The number of carbonyl (C=O) groups is 3. The van der Waals surface area contributed by atoms with Crippen LogP contribution < -0.4 is 0 Å². The molecule has 14 nitrogen and oxygen atoms in total. The second-order valence-electron chi connectivity index (χ2n) is 6.88. The summed E-state index contributed by atoms with van der Waals surface area (Å²) in [6.45, 7) is -0.960. The van der Waals surface area contributed by atoms with Crippen LogP contribution in [0.5, 0.6) is 34.5 Å². The number of aliphatic hydroxyl groups is 3. The maximum atomic E-state index is 12.1. The smallest absolute Gasteiger partial charge is 0.339 e. The van der Waals surface area contributed by atoms with Crippen molar-refractivity contribution in [2.45, 2.75) is 24.4 Å². The van der Waals surface area contributed by atoms with Gasteiger partial charge in [-0.1, -0.05) is 0 Å². The molecule has 0 unspecified atom stereocenters. The van der Waals surface area contributed by atoms with E-state index in [1.807, 2.05) is 0 Å². The predicted octanol–water partition coefficient (Wildman–Crippen LogP) is -1.42. The Morgan fingerprint density at radius 3 is 1.56 bits per heavy atom. The molecule has 0 aromatic heterocycles. The summed E-state index contributed by atoms with van der Waals surface area (Å²) in [6, 6.07) is 2.87. The molecule has 34 heavy (non-hydrogen) atoms. The number of aliphatic hydroxyl groups excluding tert-OH is 3. The minimum atomic E-state index is -2.23. The van der Waals surface area contributed by atoms with Crippen molar-refractivity contribution < 1.29 is 69.8 Å². The van der Waals surface area contributed by atoms with E-state index >= 15 is 0 Å². The van der Waals surface area contributed by atoms with Gasteiger partial charge in [0, 0.05) is 0 Å². The number of hydrogen-bond donors (Lipinski definition) is 9. The first-order valence-electron chi connectivity index (χ1n) is 9.24. The molecular formula is C20H20O14. The average Bonchev–Trinajstić information content (AvgIpc) is 2.80. The van der Waals surface area contributed by atoms with Crippen LogP contribution in [0, 0.1) is 0 Å². The zero-order valence-corrected chi connectivity index (χ0v) is 17.0. The van der Waals surface area contributed by atoms with E-state index in [-0.39, 0.29) is 6.29 Å². The molecule has 0 fully saturated rings. The van der Waals surface area contributed by atoms with Gasteiger partial charge in [0.1, 0.15) is 24.9 Å². The van der Waals surface area contributed by atoms with E-state index in [0.717, 1.165) is 12.1 Å². The van der Waals surface area contributed by atoms with Crippen molar-refractivity contribution in [2.75, 3.05) is 6.61 Å². The van der Waals surface area contributed by atoms with Crippen molar-refractivity contribution in [3.05, 3.63) is 35.4 Å². The largest absolute Gasteiger partial charge is 0.504 e. The molecule has 0 amide bonds. The fourth-order valence-corrected chi connectivity index (χ4v) is 2.58. The van der Waals surface area contributed by atoms with Gasteiger partial charge < -0.3 is 55.4 Å².